The SMILES string of the molecule is CC(C)CNC(=O)COc1ccc([N+](=O)[O-])cc1C(=O)O. The first-order valence-electron chi connectivity index (χ1n) is 6.22. The fourth-order valence-electron chi connectivity index (χ4n) is 1.44. The van der Waals surface area contributed by atoms with Gasteiger partial charge in [0.1, 0.15) is 11.3 Å². The summed E-state index contributed by atoms with van der Waals surface area (Å²) in [5.74, 6) is -1.56. The van der Waals surface area contributed by atoms with E-state index in [1.54, 1.807) is 0 Å². The van der Waals surface area contributed by atoms with Gasteiger partial charge in [-0.2, -0.15) is 0 Å². The van der Waals surface area contributed by atoms with E-state index in [2.05, 4.69) is 5.32 Å². The summed E-state index contributed by atoms with van der Waals surface area (Å²) >= 11 is 0. The Bertz CT molecular complexity index is 556. The van der Waals surface area contributed by atoms with Gasteiger partial charge >= 0.3 is 5.97 Å². The summed E-state index contributed by atoms with van der Waals surface area (Å²) in [6, 6.07) is 3.18. The average molecular weight is 296 g/mol. The lowest BCUT2D eigenvalue weighted by Gasteiger charge is -2.10. The predicted molar refractivity (Wildman–Crippen MR) is 73.4 cm³/mol. The molecule has 0 unspecified atom stereocenters. The van der Waals surface area contributed by atoms with Gasteiger partial charge < -0.3 is 15.2 Å². The number of hydrogen-bond donors (Lipinski definition) is 2. The first kappa shape index (κ1) is 16.4. The smallest absolute Gasteiger partial charge is 0.339 e. The monoisotopic (exact) mass is 296 g/mol. The van der Waals surface area contributed by atoms with Crippen molar-refractivity contribution in [3.63, 3.8) is 0 Å². The van der Waals surface area contributed by atoms with Crippen LogP contribution in [0, 0.1) is 16.0 Å². The highest BCUT2D eigenvalue weighted by atomic mass is 16.6. The Hall–Kier alpha value is -2.64. The molecule has 0 heterocycles. The van der Waals surface area contributed by atoms with Gasteiger partial charge in [-0.25, -0.2) is 4.79 Å². The number of nitro groups is 1. The van der Waals surface area contributed by atoms with Crippen LogP contribution < -0.4 is 10.1 Å². The molecule has 1 aromatic rings. The number of rotatable bonds is 7. The maximum Gasteiger partial charge on any atom is 0.339 e. The largest absolute Gasteiger partial charge is 0.483 e. The highest BCUT2D eigenvalue weighted by Gasteiger charge is 2.17. The van der Waals surface area contributed by atoms with E-state index in [1.165, 1.54) is 0 Å². The number of aromatic carboxylic acids is 1. The van der Waals surface area contributed by atoms with Gasteiger partial charge in [-0.15, -0.1) is 0 Å². The molecule has 0 aromatic heterocycles. The second-order valence-electron chi connectivity index (χ2n) is 4.73. The number of nitrogens with one attached hydrogen (secondary N) is 1. The first-order chi connectivity index (χ1) is 9.81. The highest BCUT2D eigenvalue weighted by molar-refractivity contribution is 5.92. The first-order valence-corrected chi connectivity index (χ1v) is 6.22. The third-order valence-corrected chi connectivity index (χ3v) is 2.47. The van der Waals surface area contributed by atoms with Crippen molar-refractivity contribution in [2.45, 2.75) is 13.8 Å². The van der Waals surface area contributed by atoms with Crippen LogP contribution in [0.25, 0.3) is 0 Å². The van der Waals surface area contributed by atoms with Crippen LogP contribution in [0.3, 0.4) is 0 Å². The molecule has 0 fully saturated rings. The summed E-state index contributed by atoms with van der Waals surface area (Å²) in [5.41, 5.74) is -0.718. The number of amides is 1. The Balaban J connectivity index is 2.77. The Morgan fingerprint density at radius 1 is 1.43 bits per heavy atom. The van der Waals surface area contributed by atoms with Crippen LogP contribution in [0.2, 0.25) is 0 Å². The van der Waals surface area contributed by atoms with Gasteiger partial charge in [0.25, 0.3) is 11.6 Å². The normalized spacial score (nSPS) is 10.2. The van der Waals surface area contributed by atoms with Crippen molar-refractivity contribution < 1.29 is 24.4 Å². The van der Waals surface area contributed by atoms with E-state index in [0.717, 1.165) is 18.2 Å². The lowest BCUT2D eigenvalue weighted by molar-refractivity contribution is -0.384. The summed E-state index contributed by atoms with van der Waals surface area (Å²) < 4.78 is 5.11. The van der Waals surface area contributed by atoms with Gasteiger partial charge in [-0.1, -0.05) is 13.8 Å². The van der Waals surface area contributed by atoms with Gasteiger partial charge in [-0.3, -0.25) is 14.9 Å². The maximum absolute atomic E-state index is 11.5. The van der Waals surface area contributed by atoms with Crippen LogP contribution in [0.4, 0.5) is 5.69 Å². The van der Waals surface area contributed by atoms with Crippen LogP contribution >= 0.6 is 0 Å². The number of carboxylic acids is 1. The molecular weight excluding hydrogens is 280 g/mol. The van der Waals surface area contributed by atoms with Gasteiger partial charge in [0, 0.05) is 18.7 Å². The molecule has 0 atom stereocenters. The fraction of sp³-hybridized carbons (Fsp3) is 0.385. The second kappa shape index (κ2) is 7.22. The molecule has 21 heavy (non-hydrogen) atoms. The topological polar surface area (TPSA) is 119 Å². The zero-order chi connectivity index (χ0) is 16.0. The molecule has 0 spiro atoms. The molecule has 0 radical (unpaired) electrons. The van der Waals surface area contributed by atoms with Gasteiger partial charge in [0.05, 0.1) is 4.92 Å². The summed E-state index contributed by atoms with van der Waals surface area (Å²) in [7, 11) is 0. The molecule has 0 saturated carbocycles. The number of ether oxygens (including phenoxy) is 1. The van der Waals surface area contributed by atoms with Crippen molar-refractivity contribution in [1.82, 2.24) is 5.32 Å². The molecule has 0 aliphatic carbocycles. The standard InChI is InChI=1S/C13H16N2O6/c1-8(2)6-14-12(16)7-21-11-4-3-9(15(19)20)5-10(11)13(17)18/h3-5,8H,6-7H2,1-2H3,(H,14,16)(H,17,18). The molecule has 0 aliphatic rings. The third kappa shape index (κ3) is 5.09. The van der Waals surface area contributed by atoms with Crippen molar-refractivity contribution in [3.05, 3.63) is 33.9 Å². The average Bonchev–Trinajstić information content (AvgIpc) is 2.42. The fourth-order valence-corrected chi connectivity index (χ4v) is 1.44. The number of hydrogen-bond acceptors (Lipinski definition) is 5. The van der Waals surface area contributed by atoms with Crippen molar-refractivity contribution in [1.29, 1.82) is 0 Å². The number of benzene rings is 1. The molecule has 0 bridgehead atoms. The van der Waals surface area contributed by atoms with Crippen LogP contribution in [-0.2, 0) is 4.79 Å². The van der Waals surface area contributed by atoms with Crippen molar-refractivity contribution in [2.24, 2.45) is 5.92 Å². The Morgan fingerprint density at radius 2 is 2.10 bits per heavy atom. The quantitative estimate of drug-likeness (QED) is 0.580. The van der Waals surface area contributed by atoms with Crippen molar-refractivity contribution in [2.75, 3.05) is 13.2 Å². The molecule has 0 saturated heterocycles. The Morgan fingerprint density at radius 3 is 2.62 bits per heavy atom. The highest BCUT2D eigenvalue weighted by Crippen LogP contribution is 2.24. The molecule has 1 amide bonds. The molecule has 1 rings (SSSR count). The number of nitrogens with zero attached hydrogens (tertiary/aromatic N) is 1. The van der Waals surface area contributed by atoms with E-state index in [9.17, 15) is 19.7 Å². The Kier molecular flexibility index (Phi) is 5.65. The van der Waals surface area contributed by atoms with Gasteiger partial charge in [0.2, 0.25) is 0 Å². The van der Waals surface area contributed by atoms with E-state index in [1.807, 2.05) is 13.8 Å². The van der Waals surface area contributed by atoms with E-state index in [-0.39, 0.29) is 29.5 Å². The summed E-state index contributed by atoms with van der Waals surface area (Å²) in [6.45, 7) is 3.99. The molecule has 2 N–H and O–H groups in total. The number of carbonyl (C=O) groups excluding carboxylic acids is 1. The lowest BCUT2D eigenvalue weighted by Crippen LogP contribution is -2.31. The number of carboxylic acid groups (broad SMARTS) is 1. The number of carbonyl (C=O) groups is 2. The van der Waals surface area contributed by atoms with Crippen LogP contribution in [0.1, 0.15) is 24.2 Å². The predicted octanol–water partition coefficient (Wildman–Crippen LogP) is 1.44. The van der Waals surface area contributed by atoms with E-state index < -0.39 is 16.8 Å². The zero-order valence-corrected chi connectivity index (χ0v) is 11.7. The minimum Gasteiger partial charge on any atom is -0.483 e. The van der Waals surface area contributed by atoms with E-state index in [0.29, 0.717) is 6.54 Å². The number of non-ortho nitro benzene ring substituents is 1. The van der Waals surface area contributed by atoms with E-state index >= 15 is 0 Å². The molecule has 8 heteroatoms. The minimum atomic E-state index is -1.36. The second-order valence-corrected chi connectivity index (χ2v) is 4.73. The van der Waals surface area contributed by atoms with Crippen LogP contribution in [0.5, 0.6) is 5.75 Å². The molecule has 1 aromatic carbocycles. The Labute approximate surface area is 120 Å². The summed E-state index contributed by atoms with van der Waals surface area (Å²) in [5, 5.41) is 22.2. The maximum atomic E-state index is 11.5. The van der Waals surface area contributed by atoms with Crippen LogP contribution in [0.15, 0.2) is 18.2 Å². The van der Waals surface area contributed by atoms with Gasteiger partial charge in [-0.05, 0) is 12.0 Å². The number of nitro benzene ring substituents is 1. The van der Waals surface area contributed by atoms with Crippen LogP contribution in [-0.4, -0.2) is 35.1 Å². The molecular formula is C13H16N2O6. The van der Waals surface area contributed by atoms with Gasteiger partial charge in [0.15, 0.2) is 6.61 Å². The molecule has 8 nitrogen and oxygen atoms in total. The molecule has 0 aliphatic heterocycles. The van der Waals surface area contributed by atoms with E-state index in [4.69, 9.17) is 9.84 Å². The zero-order valence-electron chi connectivity index (χ0n) is 11.7. The molecule has 114 valence electrons. The minimum absolute atomic E-state index is 0.0900. The summed E-state index contributed by atoms with van der Waals surface area (Å²) in [6.07, 6.45) is 0. The lowest BCUT2D eigenvalue weighted by atomic mass is 10.2. The van der Waals surface area contributed by atoms with Crippen molar-refractivity contribution in [3.8, 4) is 5.75 Å². The summed E-state index contributed by atoms with van der Waals surface area (Å²) in [4.78, 5) is 32.4. The van der Waals surface area contributed by atoms with Crippen molar-refractivity contribution >= 4 is 17.6 Å². The third-order valence-electron chi connectivity index (χ3n) is 2.47.